The fourth-order valence-electron chi connectivity index (χ4n) is 3.88. The minimum atomic E-state index is -2.80. The normalized spacial score (nSPS) is 11.7. The first-order valence-electron chi connectivity index (χ1n) is 11.5. The van der Waals surface area contributed by atoms with Crippen LogP contribution in [0.25, 0.3) is 16.7 Å². The number of para-hydroxylation sites is 2. The summed E-state index contributed by atoms with van der Waals surface area (Å²) in [5, 5.41) is 3.17. The number of nitrogens with zero attached hydrogens (tertiary/aromatic N) is 5. The molecule has 0 fully saturated rings. The number of aromatic nitrogens is 4. The number of hydrogen-bond donors (Lipinski definition) is 2. The average Bonchev–Trinajstić information content (AvgIpc) is 3.44. The molecule has 0 bridgehead atoms. The molecule has 13 heteroatoms. The Morgan fingerprint density at radius 3 is 2.31 bits per heavy atom. The van der Waals surface area contributed by atoms with E-state index in [2.05, 4.69) is 20.3 Å². The van der Waals surface area contributed by atoms with Crippen LogP contribution < -0.4 is 24.8 Å². The molecule has 3 aromatic carbocycles. The van der Waals surface area contributed by atoms with Crippen molar-refractivity contribution in [2.45, 2.75) is 0 Å². The Kier molecular flexibility index (Phi) is 7.08. The highest BCUT2D eigenvalue weighted by Crippen LogP contribution is 2.36. The SMILES string of the molecule is COc1cc(Nc2nc3ccccc3nc2N(c2cccc(-n3cnc(C(N)=O)c3)c2)S(=O)[O-])cc(OC)c1. The molecule has 2 aromatic heterocycles. The lowest BCUT2D eigenvalue weighted by molar-refractivity contribution is 0.0996. The van der Waals surface area contributed by atoms with Crippen molar-refractivity contribution in [1.29, 1.82) is 0 Å². The minimum absolute atomic E-state index is 0.0319. The summed E-state index contributed by atoms with van der Waals surface area (Å²) >= 11 is -2.80. The van der Waals surface area contributed by atoms with Crippen molar-refractivity contribution in [3.63, 3.8) is 0 Å². The highest BCUT2D eigenvalue weighted by Gasteiger charge is 2.21. The standard InChI is InChI=1S/C26H23N7O5S/c1-37-19-10-16(11-20(13-19)38-2)29-25-26(31-22-9-4-3-8-21(22)30-25)33(39(35)36)18-7-5-6-17(12-18)32-14-23(24(27)34)28-15-32/h3-15H,1-2H3,(H2,27,34)(H,29,30)(H,35,36)/p-1. The van der Waals surface area contributed by atoms with Crippen LogP contribution in [0.15, 0.2) is 79.3 Å². The van der Waals surface area contributed by atoms with Gasteiger partial charge in [0.15, 0.2) is 11.6 Å². The predicted octanol–water partition coefficient (Wildman–Crippen LogP) is 3.61. The topological polar surface area (TPSA) is 161 Å². The summed E-state index contributed by atoms with van der Waals surface area (Å²) in [4.78, 5) is 24.8. The predicted molar refractivity (Wildman–Crippen MR) is 146 cm³/mol. The second-order valence-electron chi connectivity index (χ2n) is 8.17. The van der Waals surface area contributed by atoms with Gasteiger partial charge in [-0.25, -0.2) is 15.0 Å². The van der Waals surface area contributed by atoms with E-state index in [4.69, 9.17) is 15.2 Å². The molecule has 0 saturated carbocycles. The second kappa shape index (κ2) is 10.8. The lowest BCUT2D eigenvalue weighted by Gasteiger charge is -2.27. The Hall–Kier alpha value is -5.01. The monoisotopic (exact) mass is 544 g/mol. The highest BCUT2D eigenvalue weighted by atomic mass is 32.2. The number of nitrogens with two attached hydrogens (primary N) is 1. The minimum Gasteiger partial charge on any atom is -0.755 e. The lowest BCUT2D eigenvalue weighted by Crippen LogP contribution is -2.22. The van der Waals surface area contributed by atoms with Gasteiger partial charge in [-0.1, -0.05) is 18.2 Å². The zero-order valence-corrected chi connectivity index (χ0v) is 21.6. The Labute approximate surface area is 225 Å². The first-order chi connectivity index (χ1) is 18.9. The summed E-state index contributed by atoms with van der Waals surface area (Å²) in [5.41, 5.74) is 7.80. The van der Waals surface area contributed by atoms with Gasteiger partial charge in [-0.2, -0.15) is 0 Å². The third kappa shape index (κ3) is 5.35. The third-order valence-corrected chi connectivity index (χ3v) is 6.39. The summed E-state index contributed by atoms with van der Waals surface area (Å²) in [5.74, 6) is 0.588. The van der Waals surface area contributed by atoms with Gasteiger partial charge in [-0.3, -0.25) is 13.3 Å². The van der Waals surface area contributed by atoms with Crippen LogP contribution in [0.2, 0.25) is 0 Å². The van der Waals surface area contributed by atoms with Crippen molar-refractivity contribution in [3.05, 3.63) is 84.9 Å². The number of anilines is 4. The first-order valence-corrected chi connectivity index (χ1v) is 12.5. The van der Waals surface area contributed by atoms with Crippen molar-refractivity contribution in [2.24, 2.45) is 5.73 Å². The van der Waals surface area contributed by atoms with Gasteiger partial charge in [-0.05, 0) is 30.3 Å². The van der Waals surface area contributed by atoms with E-state index in [1.807, 2.05) is 6.07 Å². The number of primary amides is 1. The molecule has 5 rings (SSSR count). The molecule has 1 amide bonds. The van der Waals surface area contributed by atoms with Gasteiger partial charge < -0.3 is 29.6 Å². The number of ether oxygens (including phenoxy) is 2. The zero-order chi connectivity index (χ0) is 27.5. The van der Waals surface area contributed by atoms with Crippen LogP contribution in [0.3, 0.4) is 0 Å². The maximum atomic E-state index is 12.7. The summed E-state index contributed by atoms with van der Waals surface area (Å²) in [6.45, 7) is 0. The van der Waals surface area contributed by atoms with E-state index in [0.717, 1.165) is 4.31 Å². The van der Waals surface area contributed by atoms with Crippen LogP contribution in [-0.2, 0) is 11.3 Å². The molecule has 1 atom stereocenters. The van der Waals surface area contributed by atoms with Crippen LogP contribution in [0.1, 0.15) is 10.5 Å². The quantitative estimate of drug-likeness (QED) is 0.264. The van der Waals surface area contributed by atoms with Crippen LogP contribution in [0.5, 0.6) is 11.5 Å². The number of carbonyl (C=O) groups is 1. The molecule has 39 heavy (non-hydrogen) atoms. The molecular weight excluding hydrogens is 522 g/mol. The van der Waals surface area contributed by atoms with E-state index < -0.39 is 17.2 Å². The largest absolute Gasteiger partial charge is 0.755 e. The van der Waals surface area contributed by atoms with E-state index >= 15 is 0 Å². The molecule has 0 aliphatic heterocycles. The van der Waals surface area contributed by atoms with Crippen LogP contribution in [0, 0.1) is 0 Å². The Morgan fingerprint density at radius 2 is 1.69 bits per heavy atom. The number of imidazole rings is 1. The van der Waals surface area contributed by atoms with Crippen LogP contribution in [-0.4, -0.2) is 48.4 Å². The zero-order valence-electron chi connectivity index (χ0n) is 20.8. The van der Waals surface area contributed by atoms with Crippen molar-refractivity contribution in [1.82, 2.24) is 19.5 Å². The van der Waals surface area contributed by atoms with Gasteiger partial charge in [0.2, 0.25) is 0 Å². The summed E-state index contributed by atoms with van der Waals surface area (Å²) < 4.78 is 38.7. The molecule has 1 unspecified atom stereocenters. The van der Waals surface area contributed by atoms with Gasteiger partial charge in [0.05, 0.1) is 42.2 Å². The van der Waals surface area contributed by atoms with E-state index in [9.17, 15) is 13.6 Å². The molecule has 12 nitrogen and oxygen atoms in total. The van der Waals surface area contributed by atoms with Crippen molar-refractivity contribution in [3.8, 4) is 17.2 Å². The molecule has 0 spiro atoms. The summed E-state index contributed by atoms with van der Waals surface area (Å²) in [6.07, 6.45) is 2.87. The van der Waals surface area contributed by atoms with Crippen molar-refractivity contribution < 1.29 is 23.0 Å². The summed E-state index contributed by atoms with van der Waals surface area (Å²) in [7, 11) is 3.06. The molecule has 0 aliphatic rings. The number of rotatable bonds is 9. The Morgan fingerprint density at radius 1 is 1.00 bits per heavy atom. The van der Waals surface area contributed by atoms with Gasteiger partial charge in [0.1, 0.15) is 23.5 Å². The number of amides is 1. The fraction of sp³-hybridized carbons (Fsp3) is 0.0769. The maximum Gasteiger partial charge on any atom is 0.268 e. The summed E-state index contributed by atoms with van der Waals surface area (Å²) in [6, 6.07) is 18.9. The Balaban J connectivity index is 1.64. The third-order valence-electron chi connectivity index (χ3n) is 5.71. The van der Waals surface area contributed by atoms with E-state index in [1.165, 1.54) is 26.7 Å². The molecule has 0 radical (unpaired) electrons. The number of hydrogen-bond acceptors (Lipinski definition) is 9. The van der Waals surface area contributed by atoms with Crippen molar-refractivity contribution >= 4 is 51.2 Å². The van der Waals surface area contributed by atoms with Gasteiger partial charge in [-0.15, -0.1) is 0 Å². The van der Waals surface area contributed by atoms with Gasteiger partial charge in [0.25, 0.3) is 5.91 Å². The second-order valence-corrected chi connectivity index (χ2v) is 8.97. The molecule has 2 heterocycles. The number of benzene rings is 3. The molecule has 5 aromatic rings. The van der Waals surface area contributed by atoms with E-state index in [1.54, 1.807) is 65.2 Å². The highest BCUT2D eigenvalue weighted by molar-refractivity contribution is 7.81. The van der Waals surface area contributed by atoms with Crippen molar-refractivity contribution in [2.75, 3.05) is 23.8 Å². The number of carbonyl (C=O) groups excluding carboxylic acids is 1. The smallest absolute Gasteiger partial charge is 0.268 e. The first kappa shape index (κ1) is 25.6. The maximum absolute atomic E-state index is 12.7. The van der Waals surface area contributed by atoms with Gasteiger partial charge in [0, 0.05) is 35.8 Å². The van der Waals surface area contributed by atoms with E-state index in [0.29, 0.717) is 33.9 Å². The Bertz CT molecular complexity index is 1690. The van der Waals surface area contributed by atoms with E-state index in [-0.39, 0.29) is 23.0 Å². The number of fused-ring (bicyclic) bond motifs is 1. The molecular formula is C26H22N7O5S-. The number of nitrogens with one attached hydrogen (secondary N) is 1. The molecule has 0 aliphatic carbocycles. The molecule has 198 valence electrons. The fourth-order valence-corrected chi connectivity index (χ4v) is 4.44. The average molecular weight is 545 g/mol. The van der Waals surface area contributed by atoms with Gasteiger partial charge >= 0.3 is 0 Å². The molecule has 0 saturated heterocycles. The van der Waals surface area contributed by atoms with Crippen LogP contribution >= 0.6 is 0 Å². The lowest BCUT2D eigenvalue weighted by atomic mass is 10.2. The van der Waals surface area contributed by atoms with Crippen LogP contribution in [0.4, 0.5) is 23.0 Å². The molecule has 3 N–H and O–H groups in total. The number of methoxy groups -OCH3 is 2.